The van der Waals surface area contributed by atoms with Gasteiger partial charge in [0, 0.05) is 6.04 Å². The van der Waals surface area contributed by atoms with Gasteiger partial charge in [0.25, 0.3) is 0 Å². The summed E-state index contributed by atoms with van der Waals surface area (Å²) >= 11 is 0. The second kappa shape index (κ2) is 4.35. The van der Waals surface area contributed by atoms with E-state index in [0.717, 1.165) is 24.8 Å². The molecule has 0 aromatic heterocycles. The normalized spacial score (nSPS) is 27.9. The molecule has 1 aromatic carbocycles. The van der Waals surface area contributed by atoms with Crippen LogP contribution in [0.15, 0.2) is 24.3 Å². The quantitative estimate of drug-likeness (QED) is 0.889. The number of hydrogen-bond acceptors (Lipinski definition) is 2. The van der Waals surface area contributed by atoms with Gasteiger partial charge in [-0.25, -0.2) is 4.39 Å². The third kappa shape index (κ3) is 1.90. The van der Waals surface area contributed by atoms with Crippen molar-refractivity contribution >= 4 is 5.91 Å². The van der Waals surface area contributed by atoms with E-state index in [4.69, 9.17) is 0 Å². The van der Waals surface area contributed by atoms with Crippen molar-refractivity contribution in [2.75, 3.05) is 0 Å². The lowest BCUT2D eigenvalue weighted by molar-refractivity contribution is -0.130. The molecule has 2 unspecified atom stereocenters. The summed E-state index contributed by atoms with van der Waals surface area (Å²) in [5.74, 6) is -0.0910. The molecule has 0 bridgehead atoms. The minimum Gasteiger partial charge on any atom is -0.319 e. The second-order valence-corrected chi connectivity index (χ2v) is 5.06. The lowest BCUT2D eigenvalue weighted by Gasteiger charge is -2.24. The van der Waals surface area contributed by atoms with Crippen LogP contribution in [0.25, 0.3) is 0 Å². The van der Waals surface area contributed by atoms with Crippen LogP contribution in [0.1, 0.15) is 37.9 Å². The van der Waals surface area contributed by atoms with Gasteiger partial charge in [0.1, 0.15) is 12.0 Å². The number of benzene rings is 1. The van der Waals surface area contributed by atoms with E-state index in [2.05, 4.69) is 5.32 Å². The average molecular weight is 248 g/mol. The van der Waals surface area contributed by atoms with Gasteiger partial charge < -0.3 is 4.90 Å². The Morgan fingerprint density at radius 3 is 2.83 bits per heavy atom. The molecule has 1 N–H and O–H groups in total. The zero-order chi connectivity index (χ0) is 12.7. The Labute approximate surface area is 106 Å². The standard InChI is InChI=1S/C14H17FN2O/c1-2-12-14(18)17(11-6-7-11)13(16-12)9-4-3-5-10(15)8-9/h3-5,8,11-13,16H,2,6-7H2,1H3. The minimum atomic E-state index is -0.252. The van der Waals surface area contributed by atoms with Crippen molar-refractivity contribution in [3.8, 4) is 0 Å². The SMILES string of the molecule is CCC1NC(c2cccc(F)c2)N(C2CC2)C1=O. The molecule has 1 saturated heterocycles. The molecule has 1 aliphatic carbocycles. The minimum absolute atomic E-state index is 0.126. The van der Waals surface area contributed by atoms with Gasteiger partial charge in [0.2, 0.25) is 5.91 Å². The van der Waals surface area contributed by atoms with E-state index < -0.39 is 0 Å². The van der Waals surface area contributed by atoms with Gasteiger partial charge in [0.05, 0.1) is 6.04 Å². The molecular weight excluding hydrogens is 231 g/mol. The topological polar surface area (TPSA) is 32.3 Å². The summed E-state index contributed by atoms with van der Waals surface area (Å²) < 4.78 is 13.3. The highest BCUT2D eigenvalue weighted by molar-refractivity contribution is 5.85. The largest absolute Gasteiger partial charge is 0.319 e. The Morgan fingerprint density at radius 2 is 2.22 bits per heavy atom. The fourth-order valence-corrected chi connectivity index (χ4v) is 2.62. The molecule has 3 nitrogen and oxygen atoms in total. The van der Waals surface area contributed by atoms with Gasteiger partial charge in [-0.3, -0.25) is 10.1 Å². The van der Waals surface area contributed by atoms with Gasteiger partial charge in [0.15, 0.2) is 0 Å². The highest BCUT2D eigenvalue weighted by Gasteiger charge is 2.45. The summed E-state index contributed by atoms with van der Waals surface area (Å²) in [7, 11) is 0. The molecule has 2 fully saturated rings. The van der Waals surface area contributed by atoms with Crippen LogP contribution in [0.2, 0.25) is 0 Å². The van der Waals surface area contributed by atoms with Crippen molar-refractivity contribution in [2.45, 2.75) is 44.4 Å². The van der Waals surface area contributed by atoms with Crippen LogP contribution in [-0.4, -0.2) is 22.9 Å². The molecule has 1 aromatic rings. The number of carbonyl (C=O) groups is 1. The van der Waals surface area contributed by atoms with Crippen molar-refractivity contribution in [3.63, 3.8) is 0 Å². The molecule has 1 aliphatic heterocycles. The third-order valence-electron chi connectivity index (χ3n) is 3.70. The molecule has 1 heterocycles. The van der Waals surface area contributed by atoms with Crippen LogP contribution >= 0.6 is 0 Å². The van der Waals surface area contributed by atoms with Gasteiger partial charge in [-0.15, -0.1) is 0 Å². The van der Waals surface area contributed by atoms with Crippen molar-refractivity contribution < 1.29 is 9.18 Å². The van der Waals surface area contributed by atoms with Crippen molar-refractivity contribution in [1.82, 2.24) is 10.2 Å². The number of nitrogens with one attached hydrogen (secondary N) is 1. The molecular formula is C14H17FN2O. The fourth-order valence-electron chi connectivity index (χ4n) is 2.62. The number of rotatable bonds is 3. The lowest BCUT2D eigenvalue weighted by Crippen LogP contribution is -2.32. The number of carbonyl (C=O) groups excluding carboxylic acids is 1. The van der Waals surface area contributed by atoms with Crippen molar-refractivity contribution in [1.29, 1.82) is 0 Å². The Kier molecular flexibility index (Phi) is 2.82. The van der Waals surface area contributed by atoms with E-state index >= 15 is 0 Å². The van der Waals surface area contributed by atoms with Gasteiger partial charge in [-0.2, -0.15) is 0 Å². The highest BCUT2D eigenvalue weighted by Crippen LogP contribution is 2.37. The number of nitrogens with zero attached hydrogens (tertiary/aromatic N) is 1. The maximum absolute atomic E-state index is 13.3. The summed E-state index contributed by atoms with van der Waals surface area (Å²) in [4.78, 5) is 14.2. The van der Waals surface area contributed by atoms with E-state index in [-0.39, 0.29) is 23.9 Å². The molecule has 1 saturated carbocycles. The predicted molar refractivity (Wildman–Crippen MR) is 66.2 cm³/mol. The summed E-state index contributed by atoms with van der Waals surface area (Å²) in [6.07, 6.45) is 2.74. The van der Waals surface area contributed by atoms with E-state index in [1.807, 2.05) is 17.9 Å². The smallest absolute Gasteiger partial charge is 0.241 e. The lowest BCUT2D eigenvalue weighted by atomic mass is 10.1. The number of halogens is 1. The fraction of sp³-hybridized carbons (Fsp3) is 0.500. The van der Waals surface area contributed by atoms with Gasteiger partial charge in [-0.1, -0.05) is 19.1 Å². The van der Waals surface area contributed by atoms with Gasteiger partial charge >= 0.3 is 0 Å². The molecule has 4 heteroatoms. The third-order valence-corrected chi connectivity index (χ3v) is 3.70. The molecule has 1 amide bonds. The van der Waals surface area contributed by atoms with Crippen molar-refractivity contribution in [2.24, 2.45) is 0 Å². The predicted octanol–water partition coefficient (Wildman–Crippen LogP) is 2.20. The van der Waals surface area contributed by atoms with E-state index in [9.17, 15) is 9.18 Å². The maximum Gasteiger partial charge on any atom is 0.241 e. The summed E-state index contributed by atoms with van der Waals surface area (Å²) in [6.45, 7) is 1.99. The van der Waals surface area contributed by atoms with Crippen LogP contribution < -0.4 is 5.32 Å². The van der Waals surface area contributed by atoms with E-state index in [1.54, 1.807) is 6.07 Å². The molecule has 96 valence electrons. The van der Waals surface area contributed by atoms with Gasteiger partial charge in [-0.05, 0) is 37.0 Å². The molecule has 0 spiro atoms. The second-order valence-electron chi connectivity index (χ2n) is 5.06. The maximum atomic E-state index is 13.3. The van der Waals surface area contributed by atoms with Crippen LogP contribution in [0, 0.1) is 5.82 Å². The molecule has 0 radical (unpaired) electrons. The van der Waals surface area contributed by atoms with Crippen LogP contribution in [0.4, 0.5) is 4.39 Å². The average Bonchev–Trinajstić information content (AvgIpc) is 3.13. The van der Waals surface area contributed by atoms with Crippen molar-refractivity contribution in [3.05, 3.63) is 35.6 Å². The van der Waals surface area contributed by atoms with Crippen LogP contribution in [-0.2, 0) is 4.79 Å². The monoisotopic (exact) mass is 248 g/mol. The first-order valence-electron chi connectivity index (χ1n) is 6.54. The van der Waals surface area contributed by atoms with Crippen LogP contribution in [0.3, 0.4) is 0 Å². The molecule has 2 atom stereocenters. The highest BCUT2D eigenvalue weighted by atomic mass is 19.1. The first-order valence-corrected chi connectivity index (χ1v) is 6.54. The summed E-state index contributed by atoms with van der Waals surface area (Å²) in [6, 6.07) is 6.73. The zero-order valence-electron chi connectivity index (χ0n) is 10.4. The molecule has 3 rings (SSSR count). The molecule has 18 heavy (non-hydrogen) atoms. The summed E-state index contributed by atoms with van der Waals surface area (Å²) in [5, 5.41) is 3.32. The Bertz CT molecular complexity index is 473. The summed E-state index contributed by atoms with van der Waals surface area (Å²) in [5.41, 5.74) is 0.839. The number of amides is 1. The Balaban J connectivity index is 1.92. The van der Waals surface area contributed by atoms with E-state index in [1.165, 1.54) is 12.1 Å². The first-order chi connectivity index (χ1) is 8.70. The Hall–Kier alpha value is -1.42. The van der Waals surface area contributed by atoms with E-state index in [0.29, 0.717) is 6.04 Å². The zero-order valence-corrected chi connectivity index (χ0v) is 10.4. The van der Waals surface area contributed by atoms with Crippen LogP contribution in [0.5, 0.6) is 0 Å². The Morgan fingerprint density at radius 1 is 1.44 bits per heavy atom. The number of hydrogen-bond donors (Lipinski definition) is 1. The molecule has 2 aliphatic rings. The first kappa shape index (κ1) is 11.7.